The number of benzene rings is 6. The number of H-pyrrole nitrogens is 1. The van der Waals surface area contributed by atoms with Gasteiger partial charge in [0, 0.05) is 32.6 Å². The van der Waals surface area contributed by atoms with Crippen LogP contribution in [-0.2, 0) is 5.41 Å². The van der Waals surface area contributed by atoms with E-state index in [2.05, 4.69) is 149 Å². The Bertz CT molecular complexity index is 2230. The lowest BCUT2D eigenvalue weighted by molar-refractivity contribution is 0.729. The second-order valence-corrected chi connectivity index (χ2v) is 10.6. The fourth-order valence-electron chi connectivity index (χ4n) is 7.26. The van der Waals surface area contributed by atoms with Gasteiger partial charge in [-0.1, -0.05) is 109 Å². The summed E-state index contributed by atoms with van der Waals surface area (Å²) in [6.07, 6.45) is 0. The van der Waals surface area contributed by atoms with Crippen LogP contribution in [0.3, 0.4) is 0 Å². The molecule has 0 radical (unpaired) electrons. The van der Waals surface area contributed by atoms with E-state index in [0.29, 0.717) is 0 Å². The van der Waals surface area contributed by atoms with Crippen LogP contribution in [0.4, 0.5) is 0 Å². The standard InChI is InChI=1S/C37H24N2/c1-2-11-24(12-3-1)37(25-21-22-33-29(23-25)26-13-4-7-18-32(26)38-33)30-16-6-9-20-35(30)39-34-19-8-5-14-27(34)28-15-10-17-31(37)36(28)39/h1-23,38H. The highest BCUT2D eigenvalue weighted by molar-refractivity contribution is 6.12. The van der Waals surface area contributed by atoms with Crippen molar-refractivity contribution in [3.8, 4) is 5.69 Å². The van der Waals surface area contributed by atoms with E-state index in [4.69, 9.17) is 0 Å². The summed E-state index contributed by atoms with van der Waals surface area (Å²) in [4.78, 5) is 3.63. The van der Waals surface area contributed by atoms with Crippen LogP contribution < -0.4 is 0 Å². The molecule has 3 heterocycles. The first-order valence-corrected chi connectivity index (χ1v) is 13.5. The third-order valence-electron chi connectivity index (χ3n) is 8.79. The zero-order chi connectivity index (χ0) is 25.6. The molecule has 2 heteroatoms. The number of fused-ring (bicyclic) bond motifs is 8. The highest BCUT2D eigenvalue weighted by Crippen LogP contribution is 2.54. The van der Waals surface area contributed by atoms with Crippen molar-refractivity contribution in [3.05, 3.63) is 162 Å². The van der Waals surface area contributed by atoms with Gasteiger partial charge in [-0.25, -0.2) is 0 Å². The summed E-state index contributed by atoms with van der Waals surface area (Å²) in [5, 5.41) is 5.11. The minimum absolute atomic E-state index is 0.478. The molecule has 182 valence electrons. The molecule has 1 aliphatic heterocycles. The number of nitrogens with one attached hydrogen (secondary N) is 1. The first-order chi connectivity index (χ1) is 19.4. The van der Waals surface area contributed by atoms with Crippen LogP contribution in [0.1, 0.15) is 22.3 Å². The summed E-state index contributed by atoms with van der Waals surface area (Å²) in [5.74, 6) is 0. The number of hydrogen-bond acceptors (Lipinski definition) is 0. The van der Waals surface area contributed by atoms with Gasteiger partial charge in [0.2, 0.25) is 0 Å². The lowest BCUT2D eigenvalue weighted by atomic mass is 9.63. The lowest BCUT2D eigenvalue weighted by Crippen LogP contribution is -2.35. The number of aromatic amines is 1. The van der Waals surface area contributed by atoms with E-state index in [9.17, 15) is 0 Å². The van der Waals surface area contributed by atoms with E-state index >= 15 is 0 Å². The maximum atomic E-state index is 3.63. The summed E-state index contributed by atoms with van der Waals surface area (Å²) in [5.41, 5.74) is 10.8. The van der Waals surface area contributed by atoms with E-state index in [1.54, 1.807) is 0 Å². The second-order valence-electron chi connectivity index (χ2n) is 10.6. The number of aromatic nitrogens is 2. The Morgan fingerprint density at radius 2 is 1.15 bits per heavy atom. The third-order valence-corrected chi connectivity index (χ3v) is 8.79. The molecule has 0 spiro atoms. The molecule has 39 heavy (non-hydrogen) atoms. The average Bonchev–Trinajstić information content (AvgIpc) is 3.55. The molecule has 8 aromatic rings. The van der Waals surface area contributed by atoms with Crippen molar-refractivity contribution in [2.45, 2.75) is 5.41 Å². The largest absolute Gasteiger partial charge is 0.355 e. The molecule has 6 aromatic carbocycles. The molecule has 9 rings (SSSR count). The molecular weight excluding hydrogens is 472 g/mol. The van der Waals surface area contributed by atoms with Gasteiger partial charge in [0.05, 0.1) is 22.1 Å². The van der Waals surface area contributed by atoms with E-state index in [1.165, 1.54) is 71.6 Å². The Morgan fingerprint density at radius 1 is 0.462 bits per heavy atom. The summed E-state index contributed by atoms with van der Waals surface area (Å²) in [6.45, 7) is 0. The first kappa shape index (κ1) is 20.9. The van der Waals surface area contributed by atoms with Crippen molar-refractivity contribution < 1.29 is 0 Å². The number of rotatable bonds is 2. The van der Waals surface area contributed by atoms with Gasteiger partial charge in [-0.2, -0.15) is 0 Å². The number of nitrogens with zero attached hydrogens (tertiary/aromatic N) is 1. The summed E-state index contributed by atoms with van der Waals surface area (Å²) in [6, 6.07) is 51.4. The van der Waals surface area contributed by atoms with Crippen molar-refractivity contribution in [1.82, 2.24) is 9.55 Å². The average molecular weight is 497 g/mol. The van der Waals surface area contributed by atoms with Crippen molar-refractivity contribution in [2.24, 2.45) is 0 Å². The van der Waals surface area contributed by atoms with Gasteiger partial charge in [0.25, 0.3) is 0 Å². The maximum Gasteiger partial charge on any atom is 0.0742 e. The van der Waals surface area contributed by atoms with Crippen LogP contribution in [0.5, 0.6) is 0 Å². The molecule has 0 fully saturated rings. The minimum Gasteiger partial charge on any atom is -0.355 e. The Balaban J connectivity index is 1.53. The number of para-hydroxylation sites is 4. The van der Waals surface area contributed by atoms with Crippen LogP contribution >= 0.6 is 0 Å². The molecule has 0 aliphatic carbocycles. The maximum absolute atomic E-state index is 3.63. The zero-order valence-corrected chi connectivity index (χ0v) is 21.2. The molecular formula is C37H24N2. The summed E-state index contributed by atoms with van der Waals surface area (Å²) < 4.78 is 2.49. The van der Waals surface area contributed by atoms with Crippen molar-refractivity contribution in [1.29, 1.82) is 0 Å². The topological polar surface area (TPSA) is 20.7 Å². The Hall–Kier alpha value is -5.08. The molecule has 1 atom stereocenters. The van der Waals surface area contributed by atoms with Gasteiger partial charge in [-0.15, -0.1) is 0 Å². The van der Waals surface area contributed by atoms with E-state index < -0.39 is 5.41 Å². The summed E-state index contributed by atoms with van der Waals surface area (Å²) >= 11 is 0. The fraction of sp³-hybridized carbons (Fsp3) is 0.0270. The van der Waals surface area contributed by atoms with Crippen LogP contribution in [0, 0.1) is 0 Å². The van der Waals surface area contributed by atoms with E-state index in [1.807, 2.05) is 0 Å². The predicted molar refractivity (Wildman–Crippen MR) is 162 cm³/mol. The van der Waals surface area contributed by atoms with Crippen LogP contribution in [0.25, 0.3) is 49.3 Å². The van der Waals surface area contributed by atoms with Gasteiger partial charge < -0.3 is 9.55 Å². The molecule has 0 saturated heterocycles. The molecule has 0 bridgehead atoms. The highest BCUT2D eigenvalue weighted by Gasteiger charge is 2.45. The van der Waals surface area contributed by atoms with Gasteiger partial charge in [0.15, 0.2) is 0 Å². The molecule has 0 saturated carbocycles. The SMILES string of the molecule is c1ccc(C2(c3ccc4[nH]c5ccccc5c4c3)c3ccccc3-n3c4ccccc4c4cccc2c43)cc1. The van der Waals surface area contributed by atoms with Gasteiger partial charge in [0.1, 0.15) is 0 Å². The molecule has 1 N–H and O–H groups in total. The fourth-order valence-corrected chi connectivity index (χ4v) is 7.26. The Labute approximate surface area is 225 Å². The molecule has 1 aliphatic rings. The van der Waals surface area contributed by atoms with Gasteiger partial charge >= 0.3 is 0 Å². The monoisotopic (exact) mass is 496 g/mol. The Kier molecular flexibility index (Phi) is 4.02. The number of hydrogen-bond donors (Lipinski definition) is 1. The van der Waals surface area contributed by atoms with Gasteiger partial charge in [-0.3, -0.25) is 0 Å². The van der Waals surface area contributed by atoms with Crippen LogP contribution in [0.2, 0.25) is 0 Å². The highest BCUT2D eigenvalue weighted by atomic mass is 15.0. The smallest absolute Gasteiger partial charge is 0.0742 e. The third kappa shape index (κ3) is 2.56. The predicted octanol–water partition coefficient (Wildman–Crippen LogP) is 9.11. The van der Waals surface area contributed by atoms with Crippen molar-refractivity contribution >= 4 is 43.6 Å². The molecule has 2 nitrogen and oxygen atoms in total. The second kappa shape index (κ2) is 7.49. The van der Waals surface area contributed by atoms with Crippen molar-refractivity contribution in [3.63, 3.8) is 0 Å². The van der Waals surface area contributed by atoms with Crippen molar-refractivity contribution in [2.75, 3.05) is 0 Å². The summed E-state index contributed by atoms with van der Waals surface area (Å²) in [7, 11) is 0. The molecule has 0 amide bonds. The molecule has 1 unspecified atom stereocenters. The Morgan fingerprint density at radius 3 is 2.08 bits per heavy atom. The van der Waals surface area contributed by atoms with Crippen LogP contribution in [0.15, 0.2) is 140 Å². The normalized spacial score (nSPS) is 16.3. The van der Waals surface area contributed by atoms with Crippen LogP contribution in [-0.4, -0.2) is 9.55 Å². The minimum atomic E-state index is -0.478. The first-order valence-electron chi connectivity index (χ1n) is 13.5. The van der Waals surface area contributed by atoms with E-state index in [-0.39, 0.29) is 0 Å². The quantitative estimate of drug-likeness (QED) is 0.246. The van der Waals surface area contributed by atoms with E-state index in [0.717, 1.165) is 0 Å². The molecule has 2 aromatic heterocycles. The lowest BCUT2D eigenvalue weighted by Gasteiger charge is -2.41. The zero-order valence-electron chi connectivity index (χ0n) is 21.2. The van der Waals surface area contributed by atoms with Gasteiger partial charge in [-0.05, 0) is 52.6 Å².